The standard InChI is InChI=1S/C14H22FNO2.C2H6/c1-2-3-4-5-9-18-13-8-6-7-11(14(16)17)10-12(13)15;1-2/h6-8,11-12H,2-5,9-10H2,1H3,(H2,16,17);1-2H3. The third-order valence-corrected chi connectivity index (χ3v) is 3.01. The average Bonchev–Trinajstić information content (AvgIpc) is 2.63. The van der Waals surface area contributed by atoms with E-state index in [4.69, 9.17) is 10.5 Å². The third-order valence-electron chi connectivity index (χ3n) is 3.01. The molecule has 0 bridgehead atoms. The van der Waals surface area contributed by atoms with Crippen molar-refractivity contribution in [2.24, 2.45) is 11.7 Å². The summed E-state index contributed by atoms with van der Waals surface area (Å²) in [5.41, 5.74) is 5.18. The predicted molar refractivity (Wildman–Crippen MR) is 80.9 cm³/mol. The summed E-state index contributed by atoms with van der Waals surface area (Å²) < 4.78 is 19.3. The number of allylic oxidation sites excluding steroid dienone is 3. The fourth-order valence-corrected chi connectivity index (χ4v) is 1.87. The van der Waals surface area contributed by atoms with Gasteiger partial charge < -0.3 is 10.5 Å². The molecule has 0 aliphatic heterocycles. The van der Waals surface area contributed by atoms with Crippen molar-refractivity contribution in [3.63, 3.8) is 0 Å². The van der Waals surface area contributed by atoms with Crippen molar-refractivity contribution in [1.82, 2.24) is 0 Å². The van der Waals surface area contributed by atoms with Gasteiger partial charge in [0.25, 0.3) is 0 Å². The summed E-state index contributed by atoms with van der Waals surface area (Å²) in [7, 11) is 0. The minimum absolute atomic E-state index is 0.0760. The summed E-state index contributed by atoms with van der Waals surface area (Å²) >= 11 is 0. The Hall–Kier alpha value is -1.32. The molecule has 2 unspecified atom stereocenters. The number of hydrogen-bond acceptors (Lipinski definition) is 2. The summed E-state index contributed by atoms with van der Waals surface area (Å²) in [6, 6.07) is 0. The Morgan fingerprint density at radius 1 is 1.40 bits per heavy atom. The lowest BCUT2D eigenvalue weighted by Crippen LogP contribution is -2.24. The van der Waals surface area contributed by atoms with E-state index < -0.39 is 18.0 Å². The van der Waals surface area contributed by atoms with E-state index in [1.165, 1.54) is 6.42 Å². The molecule has 2 N–H and O–H groups in total. The molecule has 0 aromatic heterocycles. The minimum Gasteiger partial charge on any atom is -0.495 e. The number of alkyl halides is 1. The zero-order valence-electron chi connectivity index (χ0n) is 12.9. The number of amides is 1. The molecule has 3 nitrogen and oxygen atoms in total. The highest BCUT2D eigenvalue weighted by molar-refractivity contribution is 5.78. The zero-order chi connectivity index (χ0) is 15.4. The van der Waals surface area contributed by atoms with Gasteiger partial charge in [0, 0.05) is 6.42 Å². The van der Waals surface area contributed by atoms with Crippen LogP contribution in [0.5, 0.6) is 0 Å². The van der Waals surface area contributed by atoms with Crippen LogP contribution in [0.4, 0.5) is 4.39 Å². The molecule has 0 heterocycles. The van der Waals surface area contributed by atoms with Crippen molar-refractivity contribution in [3.05, 3.63) is 24.0 Å². The molecule has 1 rings (SSSR count). The Labute approximate surface area is 122 Å². The largest absolute Gasteiger partial charge is 0.495 e. The summed E-state index contributed by atoms with van der Waals surface area (Å²) in [6.07, 6.45) is 8.06. The van der Waals surface area contributed by atoms with Crippen LogP contribution in [-0.2, 0) is 9.53 Å². The maximum absolute atomic E-state index is 13.9. The average molecular weight is 285 g/mol. The van der Waals surface area contributed by atoms with Gasteiger partial charge in [-0.1, -0.05) is 52.2 Å². The molecule has 0 aromatic carbocycles. The molecule has 4 heteroatoms. The molecule has 0 aromatic rings. The molecular formula is C16H28FNO2. The normalized spacial score (nSPS) is 21.3. The van der Waals surface area contributed by atoms with Gasteiger partial charge in [0.2, 0.25) is 5.91 Å². The Morgan fingerprint density at radius 2 is 2.10 bits per heavy atom. The van der Waals surface area contributed by atoms with Crippen LogP contribution in [0.3, 0.4) is 0 Å². The summed E-state index contributed by atoms with van der Waals surface area (Å²) in [5, 5.41) is 0. The number of ether oxygens (including phenoxy) is 1. The first-order valence-electron chi connectivity index (χ1n) is 7.59. The van der Waals surface area contributed by atoms with Gasteiger partial charge >= 0.3 is 0 Å². The molecular weight excluding hydrogens is 257 g/mol. The smallest absolute Gasteiger partial charge is 0.224 e. The van der Waals surface area contributed by atoms with Crippen LogP contribution in [0.2, 0.25) is 0 Å². The van der Waals surface area contributed by atoms with Crippen molar-refractivity contribution in [2.75, 3.05) is 6.61 Å². The van der Waals surface area contributed by atoms with Crippen LogP contribution in [0, 0.1) is 5.92 Å². The summed E-state index contributed by atoms with van der Waals surface area (Å²) in [5.74, 6) is -0.726. The van der Waals surface area contributed by atoms with E-state index in [-0.39, 0.29) is 6.42 Å². The Bertz CT molecular complexity index is 326. The highest BCUT2D eigenvalue weighted by atomic mass is 19.1. The molecule has 0 saturated heterocycles. The molecule has 1 amide bonds. The van der Waals surface area contributed by atoms with Crippen molar-refractivity contribution in [1.29, 1.82) is 0 Å². The van der Waals surface area contributed by atoms with Gasteiger partial charge in [0.15, 0.2) is 6.17 Å². The van der Waals surface area contributed by atoms with Gasteiger partial charge in [-0.2, -0.15) is 0 Å². The molecule has 0 saturated carbocycles. The monoisotopic (exact) mass is 285 g/mol. The van der Waals surface area contributed by atoms with E-state index in [1.54, 1.807) is 18.2 Å². The number of carbonyl (C=O) groups excluding carboxylic acids is 1. The van der Waals surface area contributed by atoms with Crippen molar-refractivity contribution < 1.29 is 13.9 Å². The predicted octanol–water partition coefficient (Wildman–Crippen LogP) is 3.89. The lowest BCUT2D eigenvalue weighted by atomic mass is 10.0. The van der Waals surface area contributed by atoms with Crippen LogP contribution in [0.1, 0.15) is 52.9 Å². The van der Waals surface area contributed by atoms with Gasteiger partial charge in [0.05, 0.1) is 12.5 Å². The van der Waals surface area contributed by atoms with E-state index in [2.05, 4.69) is 6.92 Å². The number of rotatable bonds is 7. The first-order chi connectivity index (χ1) is 9.65. The Balaban J connectivity index is 0.00000172. The van der Waals surface area contributed by atoms with Gasteiger partial charge in [-0.25, -0.2) is 4.39 Å². The second-order valence-corrected chi connectivity index (χ2v) is 4.58. The number of primary amides is 1. The van der Waals surface area contributed by atoms with E-state index in [9.17, 15) is 9.18 Å². The molecule has 1 aliphatic rings. The molecule has 0 spiro atoms. The minimum atomic E-state index is -1.25. The highest BCUT2D eigenvalue weighted by Crippen LogP contribution is 2.22. The maximum Gasteiger partial charge on any atom is 0.224 e. The van der Waals surface area contributed by atoms with Gasteiger partial charge in [-0.3, -0.25) is 4.79 Å². The molecule has 0 radical (unpaired) electrons. The van der Waals surface area contributed by atoms with Crippen LogP contribution >= 0.6 is 0 Å². The number of unbranched alkanes of at least 4 members (excludes halogenated alkanes) is 3. The topological polar surface area (TPSA) is 52.3 Å². The quantitative estimate of drug-likeness (QED) is 0.721. The highest BCUT2D eigenvalue weighted by Gasteiger charge is 2.24. The Kier molecular flexibility index (Phi) is 10.7. The van der Waals surface area contributed by atoms with Gasteiger partial charge in [-0.05, 0) is 12.5 Å². The van der Waals surface area contributed by atoms with Crippen LogP contribution in [0.25, 0.3) is 0 Å². The molecule has 0 fully saturated rings. The molecule has 2 atom stereocenters. The van der Waals surface area contributed by atoms with Crippen LogP contribution < -0.4 is 5.73 Å². The van der Waals surface area contributed by atoms with Crippen molar-refractivity contribution >= 4 is 5.91 Å². The molecule has 116 valence electrons. The number of hydrogen-bond donors (Lipinski definition) is 1. The number of nitrogens with two attached hydrogens (primary N) is 1. The number of carbonyl (C=O) groups is 1. The SMILES string of the molecule is CC.CCCCCCOC1=CC=CC(C(N)=O)CC1F. The fourth-order valence-electron chi connectivity index (χ4n) is 1.87. The lowest BCUT2D eigenvalue weighted by molar-refractivity contribution is -0.120. The van der Waals surface area contributed by atoms with Crippen molar-refractivity contribution in [3.8, 4) is 0 Å². The first-order valence-corrected chi connectivity index (χ1v) is 7.59. The number of halogens is 1. The lowest BCUT2D eigenvalue weighted by Gasteiger charge is -2.15. The molecule has 1 aliphatic carbocycles. The summed E-state index contributed by atoms with van der Waals surface area (Å²) in [6.45, 7) is 6.67. The Morgan fingerprint density at radius 3 is 2.70 bits per heavy atom. The van der Waals surface area contributed by atoms with Crippen LogP contribution in [0.15, 0.2) is 24.0 Å². The van der Waals surface area contributed by atoms with E-state index in [1.807, 2.05) is 13.8 Å². The van der Waals surface area contributed by atoms with Crippen LogP contribution in [-0.4, -0.2) is 18.7 Å². The van der Waals surface area contributed by atoms with Gasteiger partial charge in [-0.15, -0.1) is 0 Å². The fraction of sp³-hybridized carbons (Fsp3) is 0.688. The summed E-state index contributed by atoms with van der Waals surface area (Å²) in [4.78, 5) is 11.0. The van der Waals surface area contributed by atoms with E-state index in [0.29, 0.717) is 12.4 Å². The van der Waals surface area contributed by atoms with E-state index in [0.717, 1.165) is 19.3 Å². The zero-order valence-corrected chi connectivity index (χ0v) is 12.9. The second-order valence-electron chi connectivity index (χ2n) is 4.58. The molecule has 20 heavy (non-hydrogen) atoms. The first kappa shape index (κ1) is 18.7. The maximum atomic E-state index is 13.9. The van der Waals surface area contributed by atoms with Crippen molar-refractivity contribution in [2.45, 2.75) is 59.0 Å². The third kappa shape index (κ3) is 7.31. The van der Waals surface area contributed by atoms with E-state index >= 15 is 0 Å². The van der Waals surface area contributed by atoms with Gasteiger partial charge in [0.1, 0.15) is 5.76 Å². The second kappa shape index (κ2) is 11.5.